The summed E-state index contributed by atoms with van der Waals surface area (Å²) in [6, 6.07) is 8.93. The van der Waals surface area contributed by atoms with E-state index in [2.05, 4.69) is 0 Å². The molecule has 0 atom stereocenters. The summed E-state index contributed by atoms with van der Waals surface area (Å²) in [6.07, 6.45) is 12.8. The highest BCUT2D eigenvalue weighted by Crippen LogP contribution is 2.33. The predicted molar refractivity (Wildman–Crippen MR) is 134 cm³/mol. The number of benzene rings is 2. The second kappa shape index (κ2) is 13.0. The van der Waals surface area contributed by atoms with Crippen LogP contribution >= 0.6 is 0 Å². The number of hydrogen-bond donors (Lipinski definition) is 4. The van der Waals surface area contributed by atoms with Crippen LogP contribution in [0.5, 0.6) is 17.2 Å². The highest BCUT2D eigenvalue weighted by Gasteiger charge is 2.19. The quantitative estimate of drug-likeness (QED) is 0.204. The van der Waals surface area contributed by atoms with Crippen molar-refractivity contribution >= 4 is 11.0 Å². The minimum Gasteiger partial charge on any atom is -0.508 e. The van der Waals surface area contributed by atoms with Gasteiger partial charge in [-0.25, -0.2) is 0 Å². The molecule has 0 aliphatic carbocycles. The zero-order valence-electron chi connectivity index (χ0n) is 19.8. The first-order chi connectivity index (χ1) is 16.5. The molecule has 4 N–H and O–H groups in total. The van der Waals surface area contributed by atoms with Crippen LogP contribution in [-0.2, 0) is 6.42 Å². The molecule has 0 saturated carbocycles. The van der Waals surface area contributed by atoms with Crippen molar-refractivity contribution in [2.24, 2.45) is 0 Å². The van der Waals surface area contributed by atoms with Crippen LogP contribution in [-0.4, -0.2) is 27.0 Å². The molecule has 6 heteroatoms. The molecule has 3 rings (SSSR count). The molecule has 34 heavy (non-hydrogen) atoms. The van der Waals surface area contributed by atoms with Crippen molar-refractivity contribution in [2.45, 2.75) is 77.0 Å². The van der Waals surface area contributed by atoms with E-state index in [9.17, 15) is 20.1 Å². The van der Waals surface area contributed by atoms with Crippen LogP contribution in [0.1, 0.15) is 76.2 Å². The van der Waals surface area contributed by atoms with Gasteiger partial charge in [-0.3, -0.25) is 4.79 Å². The van der Waals surface area contributed by atoms with Gasteiger partial charge in [-0.05, 0) is 43.5 Å². The van der Waals surface area contributed by atoms with Gasteiger partial charge in [0.25, 0.3) is 0 Å². The van der Waals surface area contributed by atoms with Crippen LogP contribution in [0.4, 0.5) is 0 Å². The third-order valence-electron chi connectivity index (χ3n) is 6.27. The maximum absolute atomic E-state index is 13.3. The van der Waals surface area contributed by atoms with Gasteiger partial charge in [0.2, 0.25) is 0 Å². The summed E-state index contributed by atoms with van der Waals surface area (Å²) in [6.45, 7) is 0.294. The lowest BCUT2D eigenvalue weighted by Crippen LogP contribution is -2.11. The largest absolute Gasteiger partial charge is 0.508 e. The van der Waals surface area contributed by atoms with E-state index in [0.29, 0.717) is 29.9 Å². The molecule has 0 aliphatic rings. The number of aliphatic hydroxyl groups is 1. The third-order valence-corrected chi connectivity index (χ3v) is 6.27. The summed E-state index contributed by atoms with van der Waals surface area (Å²) in [5.41, 5.74) is 1.00. The Labute approximate surface area is 200 Å². The second-order valence-corrected chi connectivity index (χ2v) is 8.99. The van der Waals surface area contributed by atoms with Crippen LogP contribution in [0.25, 0.3) is 22.3 Å². The van der Waals surface area contributed by atoms with Crippen molar-refractivity contribution in [1.82, 2.24) is 0 Å². The standard InChI is InChI=1S/C28H36O6/c29-17-11-9-7-5-3-1-2-4-6-8-10-12-23-27(33)26-24(32)18-22(31)19-25(26)34-28(23)20-13-15-21(30)16-14-20/h13-16,18-19,29-32H,1-12,17H2. The van der Waals surface area contributed by atoms with E-state index >= 15 is 0 Å². The molecule has 0 radical (unpaired) electrons. The molecule has 0 unspecified atom stereocenters. The van der Waals surface area contributed by atoms with Gasteiger partial charge in [-0.1, -0.05) is 57.8 Å². The van der Waals surface area contributed by atoms with Crippen molar-refractivity contribution in [2.75, 3.05) is 6.61 Å². The van der Waals surface area contributed by atoms with Crippen LogP contribution in [0.3, 0.4) is 0 Å². The summed E-state index contributed by atoms with van der Waals surface area (Å²) in [4.78, 5) is 13.3. The molecule has 184 valence electrons. The smallest absolute Gasteiger partial charge is 0.200 e. The van der Waals surface area contributed by atoms with Crippen molar-refractivity contribution in [1.29, 1.82) is 0 Å². The van der Waals surface area contributed by atoms with E-state index in [1.54, 1.807) is 12.1 Å². The van der Waals surface area contributed by atoms with Crippen LogP contribution < -0.4 is 5.43 Å². The minimum absolute atomic E-state index is 0.0781. The fourth-order valence-corrected chi connectivity index (χ4v) is 4.40. The Morgan fingerprint density at radius 1 is 0.676 bits per heavy atom. The molecular formula is C28H36O6. The summed E-state index contributed by atoms with van der Waals surface area (Å²) >= 11 is 0. The van der Waals surface area contributed by atoms with Crippen molar-refractivity contribution in [3.8, 4) is 28.6 Å². The SMILES string of the molecule is O=c1c(CCCCCCCCCCCCCO)c(-c2ccc(O)cc2)oc2cc(O)cc(O)c12. The first-order valence-corrected chi connectivity index (χ1v) is 12.4. The Morgan fingerprint density at radius 2 is 1.24 bits per heavy atom. The number of phenolic OH excluding ortho intramolecular Hbond substituents is 3. The summed E-state index contributed by atoms with van der Waals surface area (Å²) < 4.78 is 6.00. The highest BCUT2D eigenvalue weighted by atomic mass is 16.3. The fourth-order valence-electron chi connectivity index (χ4n) is 4.40. The van der Waals surface area contributed by atoms with Gasteiger partial charge >= 0.3 is 0 Å². The first-order valence-electron chi connectivity index (χ1n) is 12.4. The lowest BCUT2D eigenvalue weighted by Gasteiger charge is -2.12. The Balaban J connectivity index is 1.61. The molecule has 1 aromatic heterocycles. The lowest BCUT2D eigenvalue weighted by molar-refractivity contribution is 0.282. The van der Waals surface area contributed by atoms with Gasteiger partial charge in [0.1, 0.15) is 34.0 Å². The normalized spacial score (nSPS) is 11.3. The van der Waals surface area contributed by atoms with E-state index in [1.807, 2.05) is 0 Å². The van der Waals surface area contributed by atoms with Gasteiger partial charge in [-0.2, -0.15) is 0 Å². The lowest BCUT2D eigenvalue weighted by atomic mass is 9.98. The molecule has 3 aromatic rings. The molecule has 0 fully saturated rings. The average molecular weight is 469 g/mol. The number of hydrogen-bond acceptors (Lipinski definition) is 6. The predicted octanol–water partition coefficient (Wildman–Crippen LogP) is 6.40. The fraction of sp³-hybridized carbons (Fsp3) is 0.464. The molecule has 0 saturated heterocycles. The number of rotatable bonds is 14. The Morgan fingerprint density at radius 3 is 1.82 bits per heavy atom. The van der Waals surface area contributed by atoms with E-state index in [-0.39, 0.29) is 33.6 Å². The Kier molecular flexibility index (Phi) is 9.83. The van der Waals surface area contributed by atoms with E-state index in [4.69, 9.17) is 9.52 Å². The number of aromatic hydroxyl groups is 3. The Bertz CT molecular complexity index is 1100. The zero-order chi connectivity index (χ0) is 24.3. The number of aliphatic hydroxyl groups excluding tert-OH is 1. The number of fused-ring (bicyclic) bond motifs is 1. The van der Waals surface area contributed by atoms with Gasteiger partial charge in [0, 0.05) is 29.9 Å². The number of unbranched alkanes of at least 4 members (excludes halogenated alkanes) is 10. The van der Waals surface area contributed by atoms with Gasteiger partial charge in [-0.15, -0.1) is 0 Å². The van der Waals surface area contributed by atoms with Gasteiger partial charge < -0.3 is 24.8 Å². The third kappa shape index (κ3) is 7.00. The molecule has 2 aromatic carbocycles. The topological polar surface area (TPSA) is 111 Å². The molecule has 1 heterocycles. The summed E-state index contributed by atoms with van der Waals surface area (Å²) in [7, 11) is 0. The van der Waals surface area contributed by atoms with Crippen molar-refractivity contribution in [3.63, 3.8) is 0 Å². The van der Waals surface area contributed by atoms with Crippen LogP contribution in [0, 0.1) is 0 Å². The van der Waals surface area contributed by atoms with E-state index < -0.39 is 0 Å². The summed E-state index contributed by atoms with van der Waals surface area (Å²) in [5.74, 6) is 0.0546. The molecule has 0 bridgehead atoms. The maximum atomic E-state index is 13.3. The Hall–Kier alpha value is -2.99. The van der Waals surface area contributed by atoms with Crippen molar-refractivity contribution in [3.05, 3.63) is 52.2 Å². The van der Waals surface area contributed by atoms with Crippen molar-refractivity contribution < 1.29 is 24.8 Å². The molecule has 0 aliphatic heterocycles. The summed E-state index contributed by atoms with van der Waals surface area (Å²) in [5, 5.41) is 38.6. The second-order valence-electron chi connectivity index (χ2n) is 8.99. The molecule has 6 nitrogen and oxygen atoms in total. The molecule has 0 spiro atoms. The molecular weight excluding hydrogens is 432 g/mol. The minimum atomic E-state index is -0.293. The average Bonchev–Trinajstić information content (AvgIpc) is 2.81. The van der Waals surface area contributed by atoms with E-state index in [1.165, 1.54) is 56.7 Å². The van der Waals surface area contributed by atoms with Crippen LogP contribution in [0.15, 0.2) is 45.6 Å². The molecule has 0 amide bonds. The highest BCUT2D eigenvalue weighted by molar-refractivity contribution is 5.87. The van der Waals surface area contributed by atoms with Gasteiger partial charge in [0.05, 0.1) is 0 Å². The zero-order valence-corrected chi connectivity index (χ0v) is 19.8. The van der Waals surface area contributed by atoms with Crippen LogP contribution in [0.2, 0.25) is 0 Å². The van der Waals surface area contributed by atoms with Gasteiger partial charge in [0.15, 0.2) is 5.43 Å². The number of phenols is 3. The first kappa shape index (κ1) is 25.6. The van der Waals surface area contributed by atoms with E-state index in [0.717, 1.165) is 38.2 Å². The monoisotopic (exact) mass is 468 g/mol. The maximum Gasteiger partial charge on any atom is 0.200 e.